The van der Waals surface area contributed by atoms with Gasteiger partial charge >= 0.3 is 11.9 Å². The Morgan fingerprint density at radius 3 is 1.22 bits per heavy atom. The second-order valence-corrected chi connectivity index (χ2v) is 18.6. The van der Waals surface area contributed by atoms with E-state index in [1.54, 1.807) is 0 Å². The van der Waals surface area contributed by atoms with Gasteiger partial charge in [0.25, 0.3) is 0 Å². The SMILES string of the molecule is O=C(O)C[C@@H]1C[C@H]1CC12CCC(c3cccc(Oc4ccccc4)c3)(CC1)OC2.O=C(O)C[C@H]1C[C@@H]1CC12CCC(c3cccc(Oc4ccccc4)c3)(CC1)OC2. The molecule has 4 heterocycles. The predicted molar refractivity (Wildman–Crippen MR) is 220 cm³/mol. The molecule has 58 heavy (non-hydrogen) atoms. The maximum Gasteiger partial charge on any atom is 0.303 e. The molecule has 4 saturated heterocycles. The first-order valence-electron chi connectivity index (χ1n) is 21.5. The zero-order chi connectivity index (χ0) is 39.8. The van der Waals surface area contributed by atoms with Crippen LogP contribution in [0.2, 0.25) is 0 Å². The summed E-state index contributed by atoms with van der Waals surface area (Å²) in [5, 5.41) is 18.0. The Labute approximate surface area is 341 Å². The summed E-state index contributed by atoms with van der Waals surface area (Å²) in [4.78, 5) is 21.9. The molecule has 8 fully saturated rings. The van der Waals surface area contributed by atoms with Crippen LogP contribution in [0.15, 0.2) is 109 Å². The average Bonchev–Trinajstić information content (AvgIpc) is 4.17. The van der Waals surface area contributed by atoms with Gasteiger partial charge in [0.05, 0.1) is 24.4 Å². The highest BCUT2D eigenvalue weighted by molar-refractivity contribution is 5.68. The number of hydrogen-bond acceptors (Lipinski definition) is 6. The Kier molecular flexibility index (Phi) is 10.6. The van der Waals surface area contributed by atoms with Gasteiger partial charge in [-0.3, -0.25) is 9.59 Å². The average molecular weight is 785 g/mol. The highest BCUT2D eigenvalue weighted by Gasteiger charge is 2.55. The quantitative estimate of drug-likeness (QED) is 0.130. The Morgan fingerprint density at radius 1 is 0.500 bits per heavy atom. The number of carboxylic acid groups (broad SMARTS) is 2. The van der Waals surface area contributed by atoms with E-state index < -0.39 is 11.9 Å². The number of aliphatic carboxylic acids is 2. The van der Waals surface area contributed by atoms with Crippen LogP contribution in [-0.4, -0.2) is 35.4 Å². The van der Waals surface area contributed by atoms with Crippen LogP contribution in [0.25, 0.3) is 0 Å². The van der Waals surface area contributed by atoms with Gasteiger partial charge in [0.1, 0.15) is 23.0 Å². The van der Waals surface area contributed by atoms with Gasteiger partial charge in [-0.05, 0) is 171 Å². The molecule has 0 spiro atoms. The Morgan fingerprint density at radius 2 is 0.879 bits per heavy atom. The first kappa shape index (κ1) is 38.8. The zero-order valence-corrected chi connectivity index (χ0v) is 33.4. The number of fused-ring (bicyclic) bond motifs is 6. The first-order chi connectivity index (χ1) is 28.1. The smallest absolute Gasteiger partial charge is 0.303 e. The molecule has 0 amide bonds. The molecule has 4 saturated carbocycles. The molecule has 304 valence electrons. The highest BCUT2D eigenvalue weighted by Crippen LogP contribution is 2.61. The van der Waals surface area contributed by atoms with Crippen LogP contribution in [0.5, 0.6) is 23.0 Å². The van der Waals surface area contributed by atoms with Crippen LogP contribution in [0.1, 0.15) is 101 Å². The monoisotopic (exact) mass is 784 g/mol. The van der Waals surface area contributed by atoms with Crippen molar-refractivity contribution >= 4 is 11.9 Å². The molecule has 0 aromatic heterocycles. The maximum absolute atomic E-state index is 11.0. The molecular formula is C50H56O8. The third-order valence-electron chi connectivity index (χ3n) is 14.6. The van der Waals surface area contributed by atoms with Crippen LogP contribution in [0.4, 0.5) is 0 Å². The molecule has 0 unspecified atom stereocenters. The van der Waals surface area contributed by atoms with Crippen LogP contribution < -0.4 is 9.47 Å². The topological polar surface area (TPSA) is 112 Å². The number of rotatable bonds is 14. The second-order valence-electron chi connectivity index (χ2n) is 18.6. The Bertz CT molecular complexity index is 1880. The van der Waals surface area contributed by atoms with E-state index in [-0.39, 0.29) is 22.0 Å². The van der Waals surface area contributed by atoms with Crippen molar-refractivity contribution in [2.24, 2.45) is 34.5 Å². The van der Waals surface area contributed by atoms with Crippen molar-refractivity contribution in [2.45, 2.75) is 101 Å². The summed E-state index contributed by atoms with van der Waals surface area (Å²) in [7, 11) is 0. The fraction of sp³-hybridized carbons (Fsp3) is 0.480. The molecule has 12 rings (SSSR count). The summed E-state index contributed by atoms with van der Waals surface area (Å²) in [6, 6.07) is 36.4. The molecule has 4 aromatic rings. The van der Waals surface area contributed by atoms with Crippen molar-refractivity contribution < 1.29 is 38.7 Å². The van der Waals surface area contributed by atoms with Crippen LogP contribution in [-0.2, 0) is 30.3 Å². The lowest BCUT2D eigenvalue weighted by Crippen LogP contribution is -2.49. The molecule has 4 bridgehead atoms. The molecule has 8 nitrogen and oxygen atoms in total. The molecule has 2 N–H and O–H groups in total. The summed E-state index contributed by atoms with van der Waals surface area (Å²) in [6.07, 6.45) is 14.0. The van der Waals surface area contributed by atoms with Gasteiger partial charge < -0.3 is 29.2 Å². The number of ether oxygens (including phenoxy) is 4. The van der Waals surface area contributed by atoms with E-state index in [4.69, 9.17) is 29.2 Å². The van der Waals surface area contributed by atoms with Crippen molar-refractivity contribution in [3.63, 3.8) is 0 Å². The zero-order valence-electron chi connectivity index (χ0n) is 33.4. The van der Waals surface area contributed by atoms with Gasteiger partial charge in [-0.15, -0.1) is 0 Å². The number of benzene rings is 4. The lowest BCUT2D eigenvalue weighted by Gasteiger charge is -2.53. The summed E-state index contributed by atoms with van der Waals surface area (Å²) in [5.41, 5.74) is 2.57. The molecule has 4 aromatic carbocycles. The highest BCUT2D eigenvalue weighted by atomic mass is 16.5. The van der Waals surface area contributed by atoms with E-state index in [0.717, 1.165) is 87.6 Å². The Hall–Kier alpha value is -4.66. The summed E-state index contributed by atoms with van der Waals surface area (Å²) >= 11 is 0. The molecule has 4 aliphatic carbocycles. The molecule has 0 radical (unpaired) electrons. The third kappa shape index (κ3) is 8.55. The van der Waals surface area contributed by atoms with Gasteiger partial charge in [-0.1, -0.05) is 60.7 Å². The lowest BCUT2D eigenvalue weighted by atomic mass is 9.62. The standard InChI is InChI=1S/2C25H28O4/c2*26-23(27)14-18-13-19(18)16-24-9-11-25(12-10-24,28-17-24)20-5-4-8-22(15-20)29-21-6-2-1-3-7-21/h2*1-8,15,18-19H,9-14,16-17H2,(H,26,27)/t2*18-,19-,24?,25?/m10/s1. The molecular weight excluding hydrogens is 729 g/mol. The normalized spacial score (nSPS) is 32.7. The fourth-order valence-corrected chi connectivity index (χ4v) is 10.9. The lowest BCUT2D eigenvalue weighted by molar-refractivity contribution is -0.193. The predicted octanol–water partition coefficient (Wildman–Crippen LogP) is 11.5. The number of para-hydroxylation sites is 2. The second kappa shape index (κ2) is 15.8. The molecule has 4 atom stereocenters. The van der Waals surface area contributed by atoms with Gasteiger partial charge in [-0.25, -0.2) is 0 Å². The van der Waals surface area contributed by atoms with E-state index in [1.165, 1.54) is 36.8 Å². The summed E-state index contributed by atoms with van der Waals surface area (Å²) in [5.74, 6) is 4.03. The molecule has 8 heteroatoms. The van der Waals surface area contributed by atoms with Crippen molar-refractivity contribution in [3.8, 4) is 23.0 Å². The number of carboxylic acids is 2. The minimum Gasteiger partial charge on any atom is -0.481 e. The van der Waals surface area contributed by atoms with E-state index >= 15 is 0 Å². The van der Waals surface area contributed by atoms with Crippen molar-refractivity contribution in [1.29, 1.82) is 0 Å². The van der Waals surface area contributed by atoms with Crippen molar-refractivity contribution in [1.82, 2.24) is 0 Å². The summed E-state index contributed by atoms with van der Waals surface area (Å²) in [6.45, 7) is 1.60. The third-order valence-corrected chi connectivity index (χ3v) is 14.6. The van der Waals surface area contributed by atoms with E-state index in [9.17, 15) is 9.59 Å². The Balaban J connectivity index is 0.000000150. The first-order valence-corrected chi connectivity index (χ1v) is 21.5. The van der Waals surface area contributed by atoms with Crippen molar-refractivity contribution in [2.75, 3.05) is 13.2 Å². The maximum atomic E-state index is 11.0. The van der Waals surface area contributed by atoms with Crippen molar-refractivity contribution in [3.05, 3.63) is 120 Å². The van der Waals surface area contributed by atoms with Gasteiger partial charge in [0.15, 0.2) is 0 Å². The van der Waals surface area contributed by atoms with Gasteiger partial charge in [-0.2, -0.15) is 0 Å². The number of hydrogen-bond donors (Lipinski definition) is 2. The minimum absolute atomic E-state index is 0.193. The number of carbonyl (C=O) groups is 2. The van der Waals surface area contributed by atoms with Gasteiger partial charge in [0, 0.05) is 12.8 Å². The molecule has 4 aliphatic heterocycles. The van der Waals surface area contributed by atoms with Crippen LogP contribution in [0, 0.1) is 34.5 Å². The van der Waals surface area contributed by atoms with Crippen LogP contribution in [0.3, 0.4) is 0 Å². The fourth-order valence-electron chi connectivity index (χ4n) is 10.9. The molecule has 8 aliphatic rings. The van der Waals surface area contributed by atoms with E-state index in [1.807, 2.05) is 72.8 Å². The van der Waals surface area contributed by atoms with E-state index in [0.29, 0.717) is 36.5 Å². The largest absolute Gasteiger partial charge is 0.481 e. The summed E-state index contributed by atoms with van der Waals surface area (Å²) < 4.78 is 25.1. The minimum atomic E-state index is -0.657. The van der Waals surface area contributed by atoms with Crippen LogP contribution >= 0.6 is 0 Å². The van der Waals surface area contributed by atoms with E-state index in [2.05, 4.69) is 36.4 Å². The van der Waals surface area contributed by atoms with Gasteiger partial charge in [0.2, 0.25) is 0 Å².